The minimum atomic E-state index is -0.402. The number of nitrogens with zero attached hydrogens (tertiary/aromatic N) is 1. The predicted octanol–water partition coefficient (Wildman–Crippen LogP) is 2.39. The molecule has 2 rings (SSSR count). The molecule has 0 aromatic carbocycles. The molecule has 1 unspecified atom stereocenters. The minimum absolute atomic E-state index is 0.148. The number of amides is 1. The van der Waals surface area contributed by atoms with E-state index in [0.29, 0.717) is 11.5 Å². The Morgan fingerprint density at radius 3 is 2.44 bits per heavy atom. The molecular formula is C14H26N2O2. The molecule has 1 spiro atoms. The van der Waals surface area contributed by atoms with Gasteiger partial charge in [0.1, 0.15) is 5.60 Å². The lowest BCUT2D eigenvalue weighted by Crippen LogP contribution is -2.47. The van der Waals surface area contributed by atoms with Gasteiger partial charge in [0, 0.05) is 12.6 Å². The fraction of sp³-hybridized carbons (Fsp3) is 0.929. The molecule has 18 heavy (non-hydrogen) atoms. The highest BCUT2D eigenvalue weighted by Crippen LogP contribution is 2.44. The van der Waals surface area contributed by atoms with Gasteiger partial charge in [0.15, 0.2) is 0 Å². The summed E-state index contributed by atoms with van der Waals surface area (Å²) in [5, 5.41) is 3.40. The van der Waals surface area contributed by atoms with Crippen LogP contribution in [0, 0.1) is 5.41 Å². The fourth-order valence-corrected chi connectivity index (χ4v) is 3.24. The second-order valence-electron chi connectivity index (χ2n) is 6.71. The van der Waals surface area contributed by atoms with Crippen LogP contribution in [-0.4, -0.2) is 42.3 Å². The number of rotatable bonds is 0. The van der Waals surface area contributed by atoms with Crippen LogP contribution in [0.4, 0.5) is 4.79 Å². The third kappa shape index (κ3) is 2.63. The highest BCUT2D eigenvalue weighted by molar-refractivity contribution is 5.69. The molecule has 2 heterocycles. The Bertz CT molecular complexity index is 316. The maximum Gasteiger partial charge on any atom is 0.410 e. The van der Waals surface area contributed by atoms with Crippen LogP contribution in [0.1, 0.15) is 47.0 Å². The van der Waals surface area contributed by atoms with Crippen LogP contribution in [0.3, 0.4) is 0 Å². The second kappa shape index (κ2) is 4.72. The molecule has 2 saturated heterocycles. The van der Waals surface area contributed by atoms with Gasteiger partial charge in [0.2, 0.25) is 0 Å². The van der Waals surface area contributed by atoms with Crippen LogP contribution in [0.15, 0.2) is 0 Å². The summed E-state index contributed by atoms with van der Waals surface area (Å²) in [6, 6.07) is 0.300. The first-order chi connectivity index (χ1) is 8.34. The molecule has 2 fully saturated rings. The van der Waals surface area contributed by atoms with Gasteiger partial charge in [-0.15, -0.1) is 0 Å². The third-order valence-corrected chi connectivity index (χ3v) is 4.43. The second-order valence-corrected chi connectivity index (χ2v) is 6.71. The van der Waals surface area contributed by atoms with E-state index in [2.05, 4.69) is 12.2 Å². The van der Waals surface area contributed by atoms with E-state index in [-0.39, 0.29) is 6.09 Å². The zero-order valence-electron chi connectivity index (χ0n) is 12.1. The molecule has 4 heteroatoms. The van der Waals surface area contributed by atoms with E-state index in [9.17, 15) is 4.79 Å². The van der Waals surface area contributed by atoms with Gasteiger partial charge in [-0.2, -0.15) is 0 Å². The van der Waals surface area contributed by atoms with E-state index in [4.69, 9.17) is 4.74 Å². The summed E-state index contributed by atoms with van der Waals surface area (Å²) < 4.78 is 5.50. The maximum absolute atomic E-state index is 12.2. The number of hydrogen-bond donors (Lipinski definition) is 1. The predicted molar refractivity (Wildman–Crippen MR) is 71.6 cm³/mol. The Morgan fingerprint density at radius 2 is 1.89 bits per heavy atom. The van der Waals surface area contributed by atoms with Crippen molar-refractivity contribution in [3.8, 4) is 0 Å². The molecule has 0 bridgehead atoms. The average molecular weight is 254 g/mol. The fourth-order valence-electron chi connectivity index (χ4n) is 3.24. The van der Waals surface area contributed by atoms with Gasteiger partial charge in [-0.25, -0.2) is 4.79 Å². The summed E-state index contributed by atoms with van der Waals surface area (Å²) in [6.45, 7) is 10.9. The topological polar surface area (TPSA) is 41.6 Å². The van der Waals surface area contributed by atoms with Crippen LogP contribution in [-0.2, 0) is 4.74 Å². The standard InChI is InChI=1S/C14H26N2O2/c1-11-14(5-8-15-9-6-14)7-10-16(11)12(17)18-13(2,3)4/h11,15H,5-10H2,1-4H3. The Labute approximate surface area is 110 Å². The van der Waals surface area contributed by atoms with Gasteiger partial charge in [-0.1, -0.05) is 0 Å². The summed E-state index contributed by atoms with van der Waals surface area (Å²) in [5.74, 6) is 0. The lowest BCUT2D eigenvalue weighted by Gasteiger charge is -2.39. The average Bonchev–Trinajstić information content (AvgIpc) is 2.56. The maximum atomic E-state index is 12.2. The first-order valence-corrected chi connectivity index (χ1v) is 7.04. The lowest BCUT2D eigenvalue weighted by atomic mass is 9.73. The molecule has 0 radical (unpaired) electrons. The molecule has 1 amide bonds. The summed E-state index contributed by atoms with van der Waals surface area (Å²) in [6.07, 6.45) is 3.32. The van der Waals surface area contributed by atoms with Crippen LogP contribution in [0.2, 0.25) is 0 Å². The molecule has 2 aliphatic rings. The number of ether oxygens (including phenoxy) is 1. The first-order valence-electron chi connectivity index (χ1n) is 7.04. The molecular weight excluding hydrogens is 228 g/mol. The van der Waals surface area contributed by atoms with E-state index >= 15 is 0 Å². The van der Waals surface area contributed by atoms with Gasteiger partial charge in [0.25, 0.3) is 0 Å². The number of nitrogens with one attached hydrogen (secondary N) is 1. The first kappa shape index (κ1) is 13.7. The van der Waals surface area contributed by atoms with Crippen molar-refractivity contribution in [2.24, 2.45) is 5.41 Å². The molecule has 4 nitrogen and oxygen atoms in total. The van der Waals surface area contributed by atoms with Crippen LogP contribution in [0.5, 0.6) is 0 Å². The SMILES string of the molecule is CC1N(C(=O)OC(C)(C)C)CCC12CCNCC2. The number of hydrogen-bond acceptors (Lipinski definition) is 3. The molecule has 2 aliphatic heterocycles. The normalized spacial score (nSPS) is 27.6. The van der Waals surface area contributed by atoms with Crippen molar-refractivity contribution in [3.05, 3.63) is 0 Å². The Morgan fingerprint density at radius 1 is 1.28 bits per heavy atom. The smallest absolute Gasteiger partial charge is 0.410 e. The third-order valence-electron chi connectivity index (χ3n) is 4.43. The van der Waals surface area contributed by atoms with Crippen molar-refractivity contribution in [1.29, 1.82) is 0 Å². The van der Waals surface area contributed by atoms with Gasteiger partial charge in [0.05, 0.1) is 0 Å². The highest BCUT2D eigenvalue weighted by atomic mass is 16.6. The number of piperidine rings is 1. The summed E-state index contributed by atoms with van der Waals surface area (Å²) in [4.78, 5) is 14.1. The van der Waals surface area contributed by atoms with Gasteiger partial charge >= 0.3 is 6.09 Å². The van der Waals surface area contributed by atoms with Crippen molar-refractivity contribution in [1.82, 2.24) is 10.2 Å². The van der Waals surface area contributed by atoms with Crippen LogP contribution in [0.25, 0.3) is 0 Å². The Kier molecular flexibility index (Phi) is 3.58. The van der Waals surface area contributed by atoms with Gasteiger partial charge in [-0.05, 0) is 65.5 Å². The zero-order valence-corrected chi connectivity index (χ0v) is 12.1. The Balaban J connectivity index is 2.02. The Hall–Kier alpha value is -0.770. The number of carbonyl (C=O) groups is 1. The monoisotopic (exact) mass is 254 g/mol. The minimum Gasteiger partial charge on any atom is -0.444 e. The van der Waals surface area contributed by atoms with Gasteiger partial charge in [-0.3, -0.25) is 0 Å². The summed E-state index contributed by atoms with van der Waals surface area (Å²) in [5.41, 5.74) is -0.0805. The van der Waals surface area contributed by atoms with Crippen molar-refractivity contribution in [3.63, 3.8) is 0 Å². The van der Waals surface area contributed by atoms with E-state index in [1.165, 1.54) is 12.8 Å². The van der Waals surface area contributed by atoms with Crippen molar-refractivity contribution < 1.29 is 9.53 Å². The molecule has 104 valence electrons. The van der Waals surface area contributed by atoms with E-state index in [1.54, 1.807) is 0 Å². The van der Waals surface area contributed by atoms with Crippen LogP contribution >= 0.6 is 0 Å². The summed E-state index contributed by atoms with van der Waals surface area (Å²) >= 11 is 0. The number of carbonyl (C=O) groups excluding carboxylic acids is 1. The molecule has 1 N–H and O–H groups in total. The van der Waals surface area contributed by atoms with E-state index in [0.717, 1.165) is 26.1 Å². The van der Waals surface area contributed by atoms with Gasteiger partial charge < -0.3 is 15.0 Å². The lowest BCUT2D eigenvalue weighted by molar-refractivity contribution is 0.0161. The largest absolute Gasteiger partial charge is 0.444 e. The van der Waals surface area contributed by atoms with Crippen molar-refractivity contribution in [2.45, 2.75) is 58.6 Å². The van der Waals surface area contributed by atoms with Crippen molar-refractivity contribution in [2.75, 3.05) is 19.6 Å². The number of likely N-dealkylation sites (tertiary alicyclic amines) is 1. The summed E-state index contributed by atoms with van der Waals surface area (Å²) in [7, 11) is 0. The highest BCUT2D eigenvalue weighted by Gasteiger charge is 2.47. The van der Waals surface area contributed by atoms with Crippen LogP contribution < -0.4 is 5.32 Å². The van der Waals surface area contributed by atoms with E-state index in [1.807, 2.05) is 25.7 Å². The molecule has 0 aliphatic carbocycles. The molecule has 0 aromatic heterocycles. The zero-order chi connectivity index (χ0) is 13.4. The van der Waals surface area contributed by atoms with Crippen molar-refractivity contribution >= 4 is 6.09 Å². The molecule has 0 saturated carbocycles. The van der Waals surface area contributed by atoms with E-state index < -0.39 is 5.60 Å². The molecule has 0 aromatic rings. The quantitative estimate of drug-likeness (QED) is 0.721. The molecule has 1 atom stereocenters.